The third kappa shape index (κ3) is 4.94. The predicted octanol–water partition coefficient (Wildman–Crippen LogP) is 3.95. The van der Waals surface area contributed by atoms with Gasteiger partial charge in [-0.15, -0.1) is 0 Å². The lowest BCUT2D eigenvalue weighted by Crippen LogP contribution is -2.47. The van der Waals surface area contributed by atoms with E-state index in [0.717, 1.165) is 31.9 Å². The van der Waals surface area contributed by atoms with Gasteiger partial charge in [0, 0.05) is 42.6 Å². The molecule has 0 spiro atoms. The Hall–Kier alpha value is -1.21. The number of likely N-dealkylation sites (tertiary alicyclic amines) is 2. The summed E-state index contributed by atoms with van der Waals surface area (Å²) in [4.78, 5) is 21.7. The highest BCUT2D eigenvalue weighted by molar-refractivity contribution is 7.09. The van der Waals surface area contributed by atoms with Crippen molar-refractivity contribution in [2.24, 2.45) is 5.92 Å². The predicted molar refractivity (Wildman–Crippen MR) is 107 cm³/mol. The Morgan fingerprint density at radius 1 is 1.23 bits per heavy atom. The van der Waals surface area contributed by atoms with Crippen LogP contribution in [0.25, 0.3) is 0 Å². The van der Waals surface area contributed by atoms with Crippen molar-refractivity contribution in [3.8, 4) is 0 Å². The minimum atomic E-state index is -0.0964. The second-order valence-corrected chi connectivity index (χ2v) is 9.65. The van der Waals surface area contributed by atoms with E-state index in [2.05, 4.69) is 47.3 Å². The summed E-state index contributed by atoms with van der Waals surface area (Å²) in [5, 5.41) is 3.56. The number of rotatable bonds is 3. The number of piperidine rings is 2. The molecule has 2 fully saturated rings. The Bertz CT molecular complexity index is 611. The van der Waals surface area contributed by atoms with Gasteiger partial charge >= 0.3 is 6.03 Å². The van der Waals surface area contributed by atoms with Crippen LogP contribution >= 0.6 is 11.5 Å². The molecule has 2 atom stereocenters. The molecule has 0 bridgehead atoms. The number of aromatic nitrogens is 2. The lowest BCUT2D eigenvalue weighted by Gasteiger charge is -2.39. The molecule has 2 amide bonds. The average molecular weight is 380 g/mol. The molecule has 2 saturated heterocycles. The second-order valence-electron chi connectivity index (χ2n) is 8.90. The summed E-state index contributed by atoms with van der Waals surface area (Å²) >= 11 is 1.27. The van der Waals surface area contributed by atoms with E-state index in [1.165, 1.54) is 43.8 Å². The summed E-state index contributed by atoms with van der Waals surface area (Å²) in [6.07, 6.45) is 6.29. The van der Waals surface area contributed by atoms with Crippen LogP contribution in [-0.2, 0) is 5.41 Å². The monoisotopic (exact) mass is 379 g/mol. The van der Waals surface area contributed by atoms with Crippen LogP contribution in [0.2, 0.25) is 0 Å². The molecular weight excluding hydrogens is 346 g/mol. The summed E-state index contributed by atoms with van der Waals surface area (Å²) in [5.41, 5.74) is -0.0964. The zero-order valence-corrected chi connectivity index (χ0v) is 17.4. The maximum atomic E-state index is 12.7. The number of nitrogens with one attached hydrogen (secondary N) is 1. The van der Waals surface area contributed by atoms with Gasteiger partial charge in [-0.25, -0.2) is 9.78 Å². The maximum absolute atomic E-state index is 12.7. The molecule has 1 aromatic rings. The molecular formula is C19H33N5OS. The third-order valence-electron chi connectivity index (χ3n) is 5.55. The number of hydrogen-bond acceptors (Lipinski definition) is 5. The van der Waals surface area contributed by atoms with Crippen molar-refractivity contribution in [3.05, 3.63) is 5.82 Å². The second kappa shape index (κ2) is 8.21. The number of amides is 2. The molecule has 3 heterocycles. The van der Waals surface area contributed by atoms with E-state index < -0.39 is 0 Å². The standard InChI is InChI=1S/C19H33N5OS/c1-14-8-5-6-10-23(14)12-15-9-7-11-24(13-15)18(25)21-17-20-16(22-26-17)19(2,3)4/h14-15H,5-13H2,1-4H3,(H,20,21,22,25). The molecule has 26 heavy (non-hydrogen) atoms. The van der Waals surface area contributed by atoms with Crippen molar-refractivity contribution in [3.63, 3.8) is 0 Å². The van der Waals surface area contributed by atoms with E-state index in [0.29, 0.717) is 17.1 Å². The topological polar surface area (TPSA) is 61.4 Å². The Labute approximate surface area is 161 Å². The van der Waals surface area contributed by atoms with Gasteiger partial charge in [0.05, 0.1) is 0 Å². The molecule has 1 N–H and O–H groups in total. The van der Waals surface area contributed by atoms with Crippen molar-refractivity contribution >= 4 is 22.7 Å². The number of nitrogens with zero attached hydrogens (tertiary/aromatic N) is 4. The summed E-state index contributed by atoms with van der Waals surface area (Å²) in [6.45, 7) is 12.6. The van der Waals surface area contributed by atoms with Crippen LogP contribution in [0.5, 0.6) is 0 Å². The molecule has 2 aliphatic rings. The SMILES string of the molecule is CC1CCCCN1CC1CCCN(C(=O)Nc2nc(C(C)(C)C)ns2)C1. The molecule has 7 heteroatoms. The van der Waals surface area contributed by atoms with Crippen LogP contribution in [0.4, 0.5) is 9.93 Å². The first-order chi connectivity index (χ1) is 12.3. The Balaban J connectivity index is 1.53. The molecule has 2 aliphatic heterocycles. The molecule has 6 nitrogen and oxygen atoms in total. The van der Waals surface area contributed by atoms with Gasteiger partial charge < -0.3 is 9.80 Å². The number of anilines is 1. The van der Waals surface area contributed by atoms with Gasteiger partial charge in [0.15, 0.2) is 0 Å². The van der Waals surface area contributed by atoms with Crippen molar-refractivity contribution in [1.82, 2.24) is 19.2 Å². The van der Waals surface area contributed by atoms with Gasteiger partial charge in [0.2, 0.25) is 5.13 Å². The van der Waals surface area contributed by atoms with E-state index in [-0.39, 0.29) is 11.4 Å². The van der Waals surface area contributed by atoms with E-state index >= 15 is 0 Å². The Kier molecular flexibility index (Phi) is 6.17. The van der Waals surface area contributed by atoms with Gasteiger partial charge in [-0.3, -0.25) is 5.32 Å². The normalized spacial score (nSPS) is 25.3. The first kappa shape index (κ1) is 19.5. The van der Waals surface area contributed by atoms with Gasteiger partial charge in [-0.2, -0.15) is 4.37 Å². The number of carbonyl (C=O) groups is 1. The number of carbonyl (C=O) groups excluding carboxylic acids is 1. The van der Waals surface area contributed by atoms with Gasteiger partial charge in [0.25, 0.3) is 0 Å². The van der Waals surface area contributed by atoms with Crippen molar-refractivity contribution in [2.45, 2.75) is 71.3 Å². The first-order valence-corrected chi connectivity index (χ1v) is 10.7. The summed E-state index contributed by atoms with van der Waals surface area (Å²) in [5.74, 6) is 1.36. The summed E-state index contributed by atoms with van der Waals surface area (Å²) in [7, 11) is 0. The number of urea groups is 1. The molecule has 0 aliphatic carbocycles. The smallest absolute Gasteiger partial charge is 0.323 e. The zero-order chi connectivity index (χ0) is 18.7. The van der Waals surface area contributed by atoms with Crippen molar-refractivity contribution < 1.29 is 4.79 Å². The molecule has 0 aromatic carbocycles. The van der Waals surface area contributed by atoms with E-state index in [1.807, 2.05) is 4.90 Å². The molecule has 0 saturated carbocycles. The van der Waals surface area contributed by atoms with Crippen LogP contribution in [0.1, 0.15) is 65.6 Å². The molecule has 2 unspecified atom stereocenters. The fourth-order valence-corrected chi connectivity index (χ4v) is 4.66. The maximum Gasteiger partial charge on any atom is 0.323 e. The minimum absolute atomic E-state index is 0.0296. The van der Waals surface area contributed by atoms with Crippen LogP contribution < -0.4 is 5.32 Å². The van der Waals surface area contributed by atoms with Crippen LogP contribution in [0, 0.1) is 5.92 Å². The van der Waals surface area contributed by atoms with Crippen LogP contribution in [0.3, 0.4) is 0 Å². The molecule has 0 radical (unpaired) electrons. The lowest BCUT2D eigenvalue weighted by atomic mass is 9.95. The highest BCUT2D eigenvalue weighted by atomic mass is 32.1. The Morgan fingerprint density at radius 2 is 2.04 bits per heavy atom. The van der Waals surface area contributed by atoms with E-state index in [9.17, 15) is 4.79 Å². The van der Waals surface area contributed by atoms with Crippen LogP contribution in [-0.4, -0.2) is 57.4 Å². The van der Waals surface area contributed by atoms with Crippen molar-refractivity contribution in [1.29, 1.82) is 0 Å². The van der Waals surface area contributed by atoms with Gasteiger partial charge in [-0.1, -0.05) is 27.2 Å². The number of hydrogen-bond donors (Lipinski definition) is 1. The third-order valence-corrected chi connectivity index (χ3v) is 6.18. The highest BCUT2D eigenvalue weighted by Crippen LogP contribution is 2.25. The van der Waals surface area contributed by atoms with E-state index in [4.69, 9.17) is 0 Å². The molecule has 3 rings (SSSR count). The van der Waals surface area contributed by atoms with E-state index in [1.54, 1.807) is 0 Å². The highest BCUT2D eigenvalue weighted by Gasteiger charge is 2.28. The van der Waals surface area contributed by atoms with Crippen molar-refractivity contribution in [2.75, 3.05) is 31.5 Å². The fraction of sp³-hybridized carbons (Fsp3) is 0.842. The molecule has 146 valence electrons. The van der Waals surface area contributed by atoms with Gasteiger partial charge in [-0.05, 0) is 45.1 Å². The van der Waals surface area contributed by atoms with Crippen LogP contribution in [0.15, 0.2) is 0 Å². The molecule has 1 aromatic heterocycles. The lowest BCUT2D eigenvalue weighted by molar-refractivity contribution is 0.104. The summed E-state index contributed by atoms with van der Waals surface area (Å²) in [6, 6.07) is 0.656. The minimum Gasteiger partial charge on any atom is -0.324 e. The zero-order valence-electron chi connectivity index (χ0n) is 16.6. The van der Waals surface area contributed by atoms with Gasteiger partial charge in [0.1, 0.15) is 5.82 Å². The Morgan fingerprint density at radius 3 is 2.73 bits per heavy atom. The first-order valence-electron chi connectivity index (χ1n) is 9.97. The fourth-order valence-electron chi connectivity index (χ4n) is 3.91. The summed E-state index contributed by atoms with van der Waals surface area (Å²) < 4.78 is 4.38. The quantitative estimate of drug-likeness (QED) is 0.864. The largest absolute Gasteiger partial charge is 0.324 e. The average Bonchev–Trinajstić information content (AvgIpc) is 3.06.